The molecular formula is C29H28Br2N2O5. The minimum atomic E-state index is -0.556. The Bertz CT molecular complexity index is 1300. The summed E-state index contributed by atoms with van der Waals surface area (Å²) in [7, 11) is 0. The van der Waals surface area contributed by atoms with Gasteiger partial charge in [0.1, 0.15) is 5.75 Å². The Labute approximate surface area is 238 Å². The van der Waals surface area contributed by atoms with Crippen LogP contribution in [0.25, 0.3) is 0 Å². The fourth-order valence-corrected chi connectivity index (χ4v) is 8.78. The van der Waals surface area contributed by atoms with Gasteiger partial charge < -0.3 is 9.64 Å². The van der Waals surface area contributed by atoms with Crippen molar-refractivity contribution < 1.29 is 23.9 Å². The Kier molecular flexibility index (Phi) is 6.50. The minimum Gasteiger partial charge on any atom is -0.426 e. The van der Waals surface area contributed by atoms with E-state index in [0.717, 1.165) is 12.0 Å². The molecule has 7 nitrogen and oxygen atoms in total. The molecule has 2 aliphatic heterocycles. The smallest absolute Gasteiger partial charge is 0.316 e. The first kappa shape index (κ1) is 25.7. The van der Waals surface area contributed by atoms with Crippen LogP contribution in [0.5, 0.6) is 5.75 Å². The van der Waals surface area contributed by atoms with Crippen LogP contribution in [-0.4, -0.2) is 44.8 Å². The van der Waals surface area contributed by atoms with Crippen LogP contribution in [0.1, 0.15) is 36.9 Å². The third kappa shape index (κ3) is 3.96. The van der Waals surface area contributed by atoms with Gasteiger partial charge in [0, 0.05) is 22.6 Å². The number of alkyl halides is 2. The maximum absolute atomic E-state index is 13.4. The summed E-state index contributed by atoms with van der Waals surface area (Å²) in [6.45, 7) is 4.06. The first-order valence-corrected chi connectivity index (χ1v) is 14.8. The Morgan fingerprint density at radius 2 is 1.61 bits per heavy atom. The molecule has 2 heterocycles. The third-order valence-corrected chi connectivity index (χ3v) is 12.1. The third-order valence-electron chi connectivity index (χ3n) is 8.86. The van der Waals surface area contributed by atoms with Crippen molar-refractivity contribution >= 4 is 61.2 Å². The molecule has 2 saturated carbocycles. The van der Waals surface area contributed by atoms with Crippen LogP contribution in [0, 0.1) is 36.5 Å². The predicted molar refractivity (Wildman–Crippen MR) is 148 cm³/mol. The van der Waals surface area contributed by atoms with Crippen molar-refractivity contribution in [2.75, 3.05) is 11.4 Å². The van der Waals surface area contributed by atoms with E-state index in [9.17, 15) is 19.2 Å². The average molecular weight is 644 g/mol. The lowest BCUT2D eigenvalue weighted by molar-refractivity contribution is -0.139. The number of halogens is 2. The molecule has 6 rings (SSSR count). The molecule has 38 heavy (non-hydrogen) atoms. The summed E-state index contributed by atoms with van der Waals surface area (Å²) in [4.78, 5) is 55.9. The normalized spacial score (nSPS) is 32.7. The lowest BCUT2D eigenvalue weighted by atomic mass is 9.81. The van der Waals surface area contributed by atoms with Crippen molar-refractivity contribution in [2.45, 2.75) is 42.4 Å². The number of fused-ring (bicyclic) bond motifs is 5. The zero-order valence-corrected chi connectivity index (χ0v) is 24.2. The van der Waals surface area contributed by atoms with Crippen molar-refractivity contribution in [1.29, 1.82) is 0 Å². The fourth-order valence-electron chi connectivity index (χ4n) is 6.90. The average Bonchev–Trinajstić information content (AvgIpc) is 3.62. The van der Waals surface area contributed by atoms with E-state index in [2.05, 4.69) is 31.9 Å². The zero-order chi connectivity index (χ0) is 26.9. The molecule has 198 valence electrons. The van der Waals surface area contributed by atoms with Crippen LogP contribution in [0.3, 0.4) is 0 Å². The van der Waals surface area contributed by atoms with Gasteiger partial charge in [-0.05, 0) is 61.4 Å². The molecule has 2 bridgehead atoms. The van der Waals surface area contributed by atoms with Crippen molar-refractivity contribution in [3.8, 4) is 5.75 Å². The second-order valence-electron chi connectivity index (χ2n) is 10.9. The van der Waals surface area contributed by atoms with E-state index in [1.807, 2.05) is 37.3 Å². The SMILES string of the molecule is Cc1cc(OC(=O)[C@@H]2CC(=O)N([C@H](C)c3ccccc3)C2)ccc1N1C(=O)[C@@H]2[C@H]3C[C@@H]([C@@H](Br)[C@H]3Br)[C@H]2C1=O. The highest BCUT2D eigenvalue weighted by Crippen LogP contribution is 2.60. The summed E-state index contributed by atoms with van der Waals surface area (Å²) in [6.07, 6.45) is 0.990. The summed E-state index contributed by atoms with van der Waals surface area (Å²) < 4.78 is 5.66. The number of nitrogens with zero attached hydrogens (tertiary/aromatic N) is 2. The van der Waals surface area contributed by atoms with Crippen molar-refractivity contribution in [3.63, 3.8) is 0 Å². The van der Waals surface area contributed by atoms with Gasteiger partial charge in [0.25, 0.3) is 0 Å². The summed E-state index contributed by atoms with van der Waals surface area (Å²) in [6, 6.07) is 14.6. The number of ether oxygens (including phenoxy) is 1. The number of carbonyl (C=O) groups excluding carboxylic acids is 4. The number of hydrogen-bond donors (Lipinski definition) is 0. The van der Waals surface area contributed by atoms with Gasteiger partial charge in [-0.15, -0.1) is 0 Å². The van der Waals surface area contributed by atoms with Gasteiger partial charge in [-0.1, -0.05) is 62.2 Å². The van der Waals surface area contributed by atoms with Gasteiger partial charge in [0.15, 0.2) is 0 Å². The summed E-state index contributed by atoms with van der Waals surface area (Å²) in [5.74, 6) is -1.31. The van der Waals surface area contributed by atoms with Crippen molar-refractivity contribution in [1.82, 2.24) is 4.90 Å². The number of aryl methyl sites for hydroxylation is 1. The van der Waals surface area contributed by atoms with Crippen LogP contribution >= 0.6 is 31.9 Å². The number of likely N-dealkylation sites (tertiary alicyclic amines) is 1. The molecule has 3 amide bonds. The fraction of sp³-hybridized carbons (Fsp3) is 0.448. The zero-order valence-electron chi connectivity index (χ0n) is 21.1. The minimum absolute atomic E-state index is 0.0724. The molecule has 2 saturated heterocycles. The van der Waals surface area contributed by atoms with E-state index in [0.29, 0.717) is 23.5 Å². The number of benzene rings is 2. The van der Waals surface area contributed by atoms with Gasteiger partial charge in [-0.3, -0.25) is 19.2 Å². The quantitative estimate of drug-likeness (QED) is 0.202. The second kappa shape index (κ2) is 9.59. The van der Waals surface area contributed by atoms with E-state index in [1.165, 1.54) is 4.90 Å². The molecule has 0 radical (unpaired) electrons. The number of anilines is 1. The Morgan fingerprint density at radius 3 is 2.21 bits per heavy atom. The van der Waals surface area contributed by atoms with Gasteiger partial charge >= 0.3 is 5.97 Å². The monoisotopic (exact) mass is 642 g/mol. The first-order valence-electron chi connectivity index (χ1n) is 13.0. The van der Waals surface area contributed by atoms with E-state index >= 15 is 0 Å². The summed E-state index contributed by atoms with van der Waals surface area (Å²) in [5, 5.41) is 0. The number of esters is 1. The molecule has 2 aromatic rings. The molecule has 0 unspecified atom stereocenters. The number of hydrogen-bond acceptors (Lipinski definition) is 5. The van der Waals surface area contributed by atoms with Gasteiger partial charge in [0.05, 0.1) is 29.5 Å². The number of rotatable bonds is 5. The lowest BCUT2D eigenvalue weighted by Gasteiger charge is -2.28. The number of imide groups is 1. The van der Waals surface area contributed by atoms with Crippen molar-refractivity contribution in [3.05, 3.63) is 59.7 Å². The predicted octanol–water partition coefficient (Wildman–Crippen LogP) is 4.79. The summed E-state index contributed by atoms with van der Waals surface area (Å²) in [5.41, 5.74) is 2.23. The van der Waals surface area contributed by atoms with Crippen LogP contribution in [-0.2, 0) is 19.2 Å². The van der Waals surface area contributed by atoms with Crippen LogP contribution in [0.2, 0.25) is 0 Å². The van der Waals surface area contributed by atoms with Crippen LogP contribution in [0.15, 0.2) is 48.5 Å². The Morgan fingerprint density at radius 1 is 0.974 bits per heavy atom. The molecule has 4 fully saturated rings. The van der Waals surface area contributed by atoms with Crippen molar-refractivity contribution in [2.24, 2.45) is 29.6 Å². The van der Waals surface area contributed by atoms with Crippen LogP contribution < -0.4 is 9.64 Å². The van der Waals surface area contributed by atoms with Gasteiger partial charge in [-0.2, -0.15) is 0 Å². The molecule has 2 aliphatic carbocycles. The highest BCUT2D eigenvalue weighted by atomic mass is 79.9. The van der Waals surface area contributed by atoms with E-state index in [1.54, 1.807) is 30.0 Å². The Hall–Kier alpha value is -2.52. The molecule has 0 N–H and O–H groups in total. The van der Waals surface area contributed by atoms with E-state index in [-0.39, 0.29) is 63.5 Å². The molecule has 0 spiro atoms. The second-order valence-corrected chi connectivity index (χ2v) is 13.0. The van der Waals surface area contributed by atoms with Crippen LogP contribution in [0.4, 0.5) is 5.69 Å². The largest absolute Gasteiger partial charge is 0.426 e. The highest BCUT2D eigenvalue weighted by Gasteiger charge is 2.66. The molecule has 8 atom stereocenters. The Balaban J connectivity index is 1.14. The molecule has 4 aliphatic rings. The maximum atomic E-state index is 13.4. The summed E-state index contributed by atoms with van der Waals surface area (Å²) >= 11 is 7.44. The molecule has 2 aromatic carbocycles. The molecule has 0 aromatic heterocycles. The maximum Gasteiger partial charge on any atom is 0.316 e. The van der Waals surface area contributed by atoms with Gasteiger partial charge in [-0.25, -0.2) is 4.90 Å². The highest BCUT2D eigenvalue weighted by molar-refractivity contribution is 9.12. The number of carbonyl (C=O) groups is 4. The number of amides is 3. The van der Waals surface area contributed by atoms with Gasteiger partial charge in [0.2, 0.25) is 17.7 Å². The standard InChI is InChI=1S/C29H28Br2N2O5/c1-14-10-18(38-29(37)17-11-22(34)32(13-17)15(2)16-6-4-3-5-7-16)8-9-21(14)33-27(35)23-19-12-20(24(23)28(33)36)26(31)25(19)30/h3-10,15,17,19-20,23-26H,11-13H2,1-2H3/t15-,17-,19-,20-,23-,24-,25-,26+/m1/s1. The lowest BCUT2D eigenvalue weighted by Crippen LogP contribution is -2.37. The molecular weight excluding hydrogens is 616 g/mol. The molecule has 9 heteroatoms. The van der Waals surface area contributed by atoms with E-state index < -0.39 is 11.9 Å². The first-order chi connectivity index (χ1) is 18.2. The topological polar surface area (TPSA) is 84.0 Å². The van der Waals surface area contributed by atoms with E-state index in [4.69, 9.17) is 4.74 Å².